The second kappa shape index (κ2) is 12.0. The molecule has 0 N–H and O–H groups in total. The average molecular weight is 649 g/mol. The molecule has 0 atom stereocenters. The van der Waals surface area contributed by atoms with Crippen LogP contribution in [0.1, 0.15) is 0 Å². The Morgan fingerprint density at radius 2 is 0.882 bits per heavy atom. The van der Waals surface area contributed by atoms with Crippen molar-refractivity contribution >= 4 is 43.4 Å². The molecule has 10 rings (SSSR count). The lowest BCUT2D eigenvalue weighted by Crippen LogP contribution is -1.98. The summed E-state index contributed by atoms with van der Waals surface area (Å²) in [5.41, 5.74) is 11.6. The number of imidazole rings is 1. The monoisotopic (exact) mass is 648 g/mol. The molecule has 0 aliphatic carbocycles. The van der Waals surface area contributed by atoms with Crippen molar-refractivity contribution in [2.24, 2.45) is 0 Å². The summed E-state index contributed by atoms with van der Waals surface area (Å²) in [7, 11) is 0. The highest BCUT2D eigenvalue weighted by Crippen LogP contribution is 2.45. The van der Waals surface area contributed by atoms with Crippen LogP contribution in [-0.2, 0) is 0 Å². The number of fused-ring (bicyclic) bond motifs is 4. The van der Waals surface area contributed by atoms with E-state index in [1.807, 2.05) is 0 Å². The molecule has 0 bridgehead atoms. The summed E-state index contributed by atoms with van der Waals surface area (Å²) in [6.45, 7) is 0. The third kappa shape index (κ3) is 4.84. The van der Waals surface area contributed by atoms with E-state index in [-0.39, 0.29) is 0 Å². The van der Waals surface area contributed by atoms with Gasteiger partial charge in [-0.1, -0.05) is 170 Å². The van der Waals surface area contributed by atoms with Gasteiger partial charge in [-0.15, -0.1) is 0 Å². The molecule has 0 fully saturated rings. The fourth-order valence-corrected chi connectivity index (χ4v) is 7.90. The molecule has 0 aliphatic heterocycles. The number of nitrogens with zero attached hydrogens (tertiary/aromatic N) is 2. The topological polar surface area (TPSA) is 17.8 Å². The Morgan fingerprint density at radius 3 is 1.63 bits per heavy atom. The highest BCUT2D eigenvalue weighted by Gasteiger charge is 2.20. The predicted molar refractivity (Wildman–Crippen MR) is 215 cm³/mol. The Labute approximate surface area is 296 Å². The molecule has 1 aromatic heterocycles. The zero-order valence-corrected chi connectivity index (χ0v) is 27.9. The van der Waals surface area contributed by atoms with Gasteiger partial charge in [0.1, 0.15) is 5.82 Å². The van der Waals surface area contributed by atoms with Crippen molar-refractivity contribution in [2.75, 3.05) is 0 Å². The van der Waals surface area contributed by atoms with Gasteiger partial charge in [0.05, 0.1) is 11.0 Å². The van der Waals surface area contributed by atoms with E-state index in [9.17, 15) is 0 Å². The molecule has 10 aromatic rings. The van der Waals surface area contributed by atoms with E-state index in [0.29, 0.717) is 0 Å². The summed E-state index contributed by atoms with van der Waals surface area (Å²) in [6.07, 6.45) is 0. The molecule has 0 amide bonds. The summed E-state index contributed by atoms with van der Waals surface area (Å²) in [4.78, 5) is 5.20. The molecule has 0 aliphatic rings. The highest BCUT2D eigenvalue weighted by atomic mass is 15.1. The molecule has 0 spiro atoms. The highest BCUT2D eigenvalue weighted by molar-refractivity contribution is 6.23. The third-order valence-corrected chi connectivity index (χ3v) is 10.2. The Balaban J connectivity index is 1.19. The van der Waals surface area contributed by atoms with Gasteiger partial charge in [-0.25, -0.2) is 4.98 Å². The van der Waals surface area contributed by atoms with Crippen LogP contribution >= 0.6 is 0 Å². The third-order valence-electron chi connectivity index (χ3n) is 10.2. The van der Waals surface area contributed by atoms with Crippen LogP contribution in [0.15, 0.2) is 194 Å². The summed E-state index contributed by atoms with van der Waals surface area (Å²) >= 11 is 0. The van der Waals surface area contributed by atoms with Gasteiger partial charge >= 0.3 is 0 Å². The van der Waals surface area contributed by atoms with Crippen molar-refractivity contribution < 1.29 is 0 Å². The van der Waals surface area contributed by atoms with E-state index in [1.54, 1.807) is 0 Å². The van der Waals surface area contributed by atoms with Gasteiger partial charge in [0, 0.05) is 11.3 Å². The number of rotatable bonds is 5. The van der Waals surface area contributed by atoms with E-state index in [0.717, 1.165) is 28.1 Å². The number of hydrogen-bond acceptors (Lipinski definition) is 1. The molecule has 0 unspecified atom stereocenters. The van der Waals surface area contributed by atoms with Crippen LogP contribution in [0.25, 0.3) is 93.8 Å². The maximum Gasteiger partial charge on any atom is 0.145 e. The quantitative estimate of drug-likeness (QED) is 0.170. The van der Waals surface area contributed by atoms with Crippen molar-refractivity contribution in [3.63, 3.8) is 0 Å². The summed E-state index contributed by atoms with van der Waals surface area (Å²) in [5, 5.41) is 7.49. The van der Waals surface area contributed by atoms with Crippen molar-refractivity contribution in [3.8, 4) is 50.5 Å². The Kier molecular flexibility index (Phi) is 6.85. The molecule has 2 nitrogen and oxygen atoms in total. The van der Waals surface area contributed by atoms with E-state index >= 15 is 0 Å². The second-order valence-corrected chi connectivity index (χ2v) is 13.1. The van der Waals surface area contributed by atoms with E-state index in [4.69, 9.17) is 4.98 Å². The van der Waals surface area contributed by atoms with E-state index in [1.165, 1.54) is 65.7 Å². The SMILES string of the molecule is c1ccc(-c2ccc(-c3nc4ccccc4n3-c3cccc(-c4c5ccccc5c(-c5cccc6ccccc56)c5ccccc45)c3)cc2)cc1. The van der Waals surface area contributed by atoms with Crippen LogP contribution in [0.3, 0.4) is 0 Å². The van der Waals surface area contributed by atoms with Crippen molar-refractivity contribution in [1.82, 2.24) is 9.55 Å². The fourth-order valence-electron chi connectivity index (χ4n) is 7.90. The Morgan fingerprint density at radius 1 is 0.353 bits per heavy atom. The first-order valence-electron chi connectivity index (χ1n) is 17.5. The normalized spacial score (nSPS) is 11.5. The smallest absolute Gasteiger partial charge is 0.145 e. The van der Waals surface area contributed by atoms with Crippen LogP contribution in [0.2, 0.25) is 0 Å². The summed E-state index contributed by atoms with van der Waals surface area (Å²) in [5.74, 6) is 0.925. The maximum atomic E-state index is 5.20. The van der Waals surface area contributed by atoms with Gasteiger partial charge in [0.2, 0.25) is 0 Å². The minimum Gasteiger partial charge on any atom is -0.292 e. The lowest BCUT2D eigenvalue weighted by atomic mass is 9.84. The Bertz CT molecular complexity index is 2840. The zero-order valence-electron chi connectivity index (χ0n) is 27.9. The summed E-state index contributed by atoms with van der Waals surface area (Å²) < 4.78 is 2.31. The molecule has 2 heteroatoms. The minimum atomic E-state index is 0.925. The van der Waals surface area contributed by atoms with Crippen LogP contribution < -0.4 is 0 Å². The van der Waals surface area contributed by atoms with Crippen LogP contribution in [0, 0.1) is 0 Å². The number of hydrogen-bond donors (Lipinski definition) is 0. The minimum absolute atomic E-state index is 0.925. The molecule has 0 radical (unpaired) electrons. The molecule has 0 saturated carbocycles. The van der Waals surface area contributed by atoms with Crippen LogP contribution in [0.4, 0.5) is 0 Å². The summed E-state index contributed by atoms with van der Waals surface area (Å²) in [6, 6.07) is 69.9. The van der Waals surface area contributed by atoms with Gasteiger partial charge in [0.15, 0.2) is 0 Å². The average Bonchev–Trinajstić information content (AvgIpc) is 3.60. The van der Waals surface area contributed by atoms with E-state index < -0.39 is 0 Å². The maximum absolute atomic E-state index is 5.20. The first-order valence-corrected chi connectivity index (χ1v) is 17.5. The standard InChI is InChI=1S/C49H32N2/c1-2-14-33(15-3-1)34-28-30-36(31-29-34)49-50-45-26-10-11-27-46(45)51(49)38-19-12-18-37(32-38)47-41-21-6-8-23-43(41)48(44-24-9-7-22-42(44)47)40-25-13-17-35-16-4-5-20-39(35)40/h1-32H. The fraction of sp³-hybridized carbons (Fsp3) is 0. The molecule has 1 heterocycles. The number of aromatic nitrogens is 2. The first-order chi connectivity index (χ1) is 25.3. The molecule has 9 aromatic carbocycles. The van der Waals surface area contributed by atoms with Gasteiger partial charge in [-0.3, -0.25) is 4.57 Å². The van der Waals surface area contributed by atoms with Crippen molar-refractivity contribution in [3.05, 3.63) is 194 Å². The molecule has 238 valence electrons. The molecular weight excluding hydrogens is 617 g/mol. The first kappa shape index (κ1) is 29.2. The lowest BCUT2D eigenvalue weighted by molar-refractivity contribution is 1.10. The largest absolute Gasteiger partial charge is 0.292 e. The predicted octanol–water partition coefficient (Wildman–Crippen LogP) is 13.2. The number of para-hydroxylation sites is 2. The molecule has 51 heavy (non-hydrogen) atoms. The van der Waals surface area contributed by atoms with Crippen molar-refractivity contribution in [1.29, 1.82) is 0 Å². The molecular formula is C49H32N2. The molecule has 0 saturated heterocycles. The van der Waals surface area contributed by atoms with E-state index in [2.05, 4.69) is 199 Å². The Hall–Kier alpha value is -6.77. The van der Waals surface area contributed by atoms with Crippen LogP contribution in [-0.4, -0.2) is 9.55 Å². The number of benzene rings is 9. The van der Waals surface area contributed by atoms with Gasteiger partial charge < -0.3 is 0 Å². The zero-order chi connectivity index (χ0) is 33.7. The van der Waals surface area contributed by atoms with Gasteiger partial charge in [-0.2, -0.15) is 0 Å². The van der Waals surface area contributed by atoms with Gasteiger partial charge in [-0.05, 0) is 90.0 Å². The van der Waals surface area contributed by atoms with Crippen molar-refractivity contribution in [2.45, 2.75) is 0 Å². The lowest BCUT2D eigenvalue weighted by Gasteiger charge is -2.19. The second-order valence-electron chi connectivity index (χ2n) is 13.1. The van der Waals surface area contributed by atoms with Gasteiger partial charge in [0.25, 0.3) is 0 Å². The van der Waals surface area contributed by atoms with Crippen LogP contribution in [0.5, 0.6) is 0 Å².